The highest BCUT2D eigenvalue weighted by atomic mass is 16.5. The molecular formula is C16H17B3N2O. The van der Waals surface area contributed by atoms with Gasteiger partial charge in [-0.05, 0) is 37.0 Å². The van der Waals surface area contributed by atoms with E-state index in [0.29, 0.717) is 6.10 Å². The molecule has 0 saturated heterocycles. The third-order valence-electron chi connectivity index (χ3n) is 4.60. The molecule has 0 atom stereocenters. The van der Waals surface area contributed by atoms with Crippen molar-refractivity contribution in [3.8, 4) is 5.75 Å². The van der Waals surface area contributed by atoms with Gasteiger partial charge in [0.2, 0.25) is 0 Å². The highest BCUT2D eigenvalue weighted by molar-refractivity contribution is 6.59. The van der Waals surface area contributed by atoms with E-state index in [4.69, 9.17) is 28.3 Å². The van der Waals surface area contributed by atoms with E-state index in [1.807, 2.05) is 4.90 Å². The van der Waals surface area contributed by atoms with Gasteiger partial charge in [0.05, 0.1) is 29.6 Å². The number of hydrogen-bond donors (Lipinski definition) is 1. The first-order chi connectivity index (χ1) is 10.5. The van der Waals surface area contributed by atoms with Crippen LogP contribution in [0.3, 0.4) is 0 Å². The maximum atomic E-state index is 5.87. The van der Waals surface area contributed by atoms with Crippen LogP contribution in [0.5, 0.6) is 5.75 Å². The van der Waals surface area contributed by atoms with E-state index in [-0.39, 0.29) is 0 Å². The van der Waals surface area contributed by atoms with Crippen LogP contribution in [-0.4, -0.2) is 57.9 Å². The molecule has 6 radical (unpaired) electrons. The molecule has 22 heavy (non-hydrogen) atoms. The van der Waals surface area contributed by atoms with Crippen LogP contribution >= 0.6 is 0 Å². The molecule has 1 N–H and O–H groups in total. The minimum absolute atomic E-state index is 0.422. The van der Waals surface area contributed by atoms with Gasteiger partial charge >= 0.3 is 0 Å². The van der Waals surface area contributed by atoms with Crippen molar-refractivity contribution in [2.45, 2.75) is 37.0 Å². The first kappa shape index (κ1) is 14.3. The third-order valence-corrected chi connectivity index (χ3v) is 4.60. The maximum absolute atomic E-state index is 5.87. The lowest BCUT2D eigenvalue weighted by Crippen LogP contribution is -2.51. The molecule has 1 fully saturated rings. The molecule has 3 nitrogen and oxygen atoms in total. The molecule has 1 aliphatic carbocycles. The van der Waals surface area contributed by atoms with Gasteiger partial charge in [0.25, 0.3) is 0 Å². The van der Waals surface area contributed by atoms with E-state index < -0.39 is 5.24 Å². The van der Waals surface area contributed by atoms with E-state index in [1.165, 1.54) is 29.5 Å². The van der Waals surface area contributed by atoms with Crippen molar-refractivity contribution in [3.63, 3.8) is 0 Å². The lowest BCUT2D eigenvalue weighted by Gasteiger charge is -2.36. The van der Waals surface area contributed by atoms with Crippen LogP contribution in [0, 0.1) is 0 Å². The minimum Gasteiger partial charge on any atom is -0.490 e. The van der Waals surface area contributed by atoms with Gasteiger partial charge in [0.1, 0.15) is 5.75 Å². The Labute approximate surface area is 135 Å². The Morgan fingerprint density at radius 3 is 2.64 bits per heavy atom. The van der Waals surface area contributed by atoms with Gasteiger partial charge in [-0.1, -0.05) is 5.24 Å². The summed E-state index contributed by atoms with van der Waals surface area (Å²) in [6.07, 6.45) is 4.54. The average molecular weight is 286 g/mol. The van der Waals surface area contributed by atoms with Crippen molar-refractivity contribution in [1.29, 1.82) is 0 Å². The summed E-state index contributed by atoms with van der Waals surface area (Å²) in [6, 6.07) is 6.33. The van der Waals surface area contributed by atoms with Crippen LogP contribution < -0.4 is 4.74 Å². The Balaban J connectivity index is 1.62. The first-order valence-electron chi connectivity index (χ1n) is 7.92. The average Bonchev–Trinajstić information content (AvgIpc) is 3.22. The van der Waals surface area contributed by atoms with E-state index in [1.54, 1.807) is 0 Å². The number of rotatable bonds is 3. The predicted octanol–water partition coefficient (Wildman–Crippen LogP) is 1.23. The lowest BCUT2D eigenvalue weighted by molar-refractivity contribution is 0.287. The molecule has 2 aliphatic rings. The Kier molecular flexibility index (Phi) is 3.33. The molecule has 6 heteroatoms. The van der Waals surface area contributed by atoms with Crippen molar-refractivity contribution >= 4 is 34.4 Å². The Bertz CT molecular complexity index is 703. The van der Waals surface area contributed by atoms with E-state index in [9.17, 15) is 0 Å². The van der Waals surface area contributed by atoms with E-state index in [0.717, 1.165) is 37.2 Å². The molecule has 106 valence electrons. The molecular weight excluding hydrogens is 269 g/mol. The Hall–Kier alpha value is -1.29. The Morgan fingerprint density at radius 2 is 1.91 bits per heavy atom. The van der Waals surface area contributed by atoms with Gasteiger partial charge < -0.3 is 14.6 Å². The topological polar surface area (TPSA) is 28.3 Å². The van der Waals surface area contributed by atoms with Crippen molar-refractivity contribution < 1.29 is 4.74 Å². The number of H-pyrrole nitrogens is 1. The third kappa shape index (κ3) is 2.69. The van der Waals surface area contributed by atoms with Crippen molar-refractivity contribution in [3.05, 3.63) is 29.5 Å². The van der Waals surface area contributed by atoms with Gasteiger partial charge in [-0.15, -0.1) is 0 Å². The van der Waals surface area contributed by atoms with Crippen LogP contribution in [0.4, 0.5) is 0 Å². The lowest BCUT2D eigenvalue weighted by atomic mass is 9.48. The first-order valence-corrected chi connectivity index (χ1v) is 7.92. The van der Waals surface area contributed by atoms with Crippen molar-refractivity contribution in [2.75, 3.05) is 13.1 Å². The van der Waals surface area contributed by atoms with Crippen LogP contribution in [0.25, 0.3) is 10.9 Å². The van der Waals surface area contributed by atoms with Gasteiger partial charge in [0.15, 0.2) is 0 Å². The summed E-state index contributed by atoms with van der Waals surface area (Å²) in [4.78, 5) is 5.46. The number of fused-ring (bicyclic) bond motifs is 3. The number of benzene rings is 1. The second kappa shape index (κ2) is 5.12. The van der Waals surface area contributed by atoms with Gasteiger partial charge in [-0.2, -0.15) is 0 Å². The minimum atomic E-state index is -1.25. The smallest absolute Gasteiger partial charge is 0.121 e. The molecule has 2 aromatic rings. The number of aromatic nitrogens is 1. The highest BCUT2D eigenvalue weighted by Gasteiger charge is 2.26. The monoisotopic (exact) mass is 286 g/mol. The second-order valence-electron chi connectivity index (χ2n) is 6.48. The quantitative estimate of drug-likeness (QED) is 0.859. The number of ether oxygens (including phenoxy) is 1. The van der Waals surface area contributed by atoms with Crippen LogP contribution in [0.2, 0.25) is 0 Å². The molecule has 1 saturated carbocycles. The van der Waals surface area contributed by atoms with Crippen molar-refractivity contribution in [1.82, 2.24) is 9.88 Å². The highest BCUT2D eigenvalue weighted by Crippen LogP contribution is 2.32. The zero-order valence-corrected chi connectivity index (χ0v) is 12.6. The molecule has 0 unspecified atom stereocenters. The van der Waals surface area contributed by atoms with Gasteiger partial charge in [-0.25, -0.2) is 0 Å². The predicted molar refractivity (Wildman–Crippen MR) is 90.9 cm³/mol. The zero-order chi connectivity index (χ0) is 15.3. The number of nitrogens with one attached hydrogen (secondary N) is 1. The SMILES string of the molecule is [B]C([B])([B])N1CCc2[nH]c3cc(OC4CC4)ccc3c2CC1. The second-order valence-corrected chi connectivity index (χ2v) is 6.48. The number of hydrogen-bond acceptors (Lipinski definition) is 2. The summed E-state index contributed by atoms with van der Waals surface area (Å²) in [5, 5.41) is 0.0153. The summed E-state index contributed by atoms with van der Waals surface area (Å²) in [7, 11) is 17.5. The fourth-order valence-corrected chi connectivity index (χ4v) is 3.23. The normalized spacial score (nSPS) is 19.8. The van der Waals surface area contributed by atoms with Gasteiger partial charge in [-0.3, -0.25) is 0 Å². The summed E-state index contributed by atoms with van der Waals surface area (Å²) < 4.78 is 5.87. The molecule has 1 aromatic heterocycles. The summed E-state index contributed by atoms with van der Waals surface area (Å²) >= 11 is 0. The molecule has 0 bridgehead atoms. The maximum Gasteiger partial charge on any atom is 0.121 e. The number of aromatic amines is 1. The molecule has 0 amide bonds. The largest absolute Gasteiger partial charge is 0.490 e. The van der Waals surface area contributed by atoms with Crippen LogP contribution in [0.1, 0.15) is 24.1 Å². The van der Waals surface area contributed by atoms with Crippen LogP contribution in [0.15, 0.2) is 18.2 Å². The fraction of sp³-hybridized carbons (Fsp3) is 0.500. The summed E-state index contributed by atoms with van der Waals surface area (Å²) in [5.74, 6) is 0.956. The van der Waals surface area contributed by atoms with Crippen molar-refractivity contribution in [2.24, 2.45) is 0 Å². The molecule has 2 heterocycles. The Morgan fingerprint density at radius 1 is 1.14 bits per heavy atom. The summed E-state index contributed by atoms with van der Waals surface area (Å²) in [5.41, 5.74) is 3.75. The molecule has 1 aromatic carbocycles. The number of nitrogens with zero attached hydrogens (tertiary/aromatic N) is 1. The zero-order valence-electron chi connectivity index (χ0n) is 12.6. The van der Waals surface area contributed by atoms with E-state index in [2.05, 4.69) is 23.2 Å². The van der Waals surface area contributed by atoms with Gasteiger partial charge in [0, 0.05) is 42.2 Å². The summed E-state index contributed by atoms with van der Waals surface area (Å²) in [6.45, 7) is 1.53. The van der Waals surface area contributed by atoms with Crippen LogP contribution in [-0.2, 0) is 12.8 Å². The standard InChI is InChI=1S/C16H17B3N2O/c17-16(18,19)21-7-5-13-12-4-3-11(22-10-1-2-10)9-15(12)20-14(13)6-8-21/h3-4,9-10,20H,1-2,5-8H2. The molecule has 0 spiro atoms. The molecule has 4 rings (SSSR count). The van der Waals surface area contributed by atoms with E-state index >= 15 is 0 Å². The molecule has 1 aliphatic heterocycles. The fourth-order valence-electron chi connectivity index (χ4n) is 3.23.